The Morgan fingerprint density at radius 1 is 1.10 bits per heavy atom. The Kier molecular flexibility index (Phi) is 4.25. The van der Waals surface area contributed by atoms with Crippen LogP contribution >= 0.6 is 0 Å². The Bertz CT molecular complexity index is 594. The number of aromatic hydroxyl groups is 1. The molecule has 0 fully saturated rings. The fourth-order valence-corrected chi connectivity index (χ4v) is 1.98. The van der Waals surface area contributed by atoms with E-state index in [9.17, 15) is 9.90 Å². The van der Waals surface area contributed by atoms with E-state index in [0.717, 1.165) is 16.9 Å². The highest BCUT2D eigenvalue weighted by atomic mass is 16.3. The van der Waals surface area contributed by atoms with Crippen LogP contribution in [0.2, 0.25) is 0 Å². The molecule has 104 valence electrons. The number of anilines is 2. The van der Waals surface area contributed by atoms with Crippen LogP contribution in [-0.2, 0) is 4.79 Å². The van der Waals surface area contributed by atoms with E-state index >= 15 is 0 Å². The molecule has 1 unspecified atom stereocenters. The van der Waals surface area contributed by atoms with Gasteiger partial charge in [-0.2, -0.15) is 0 Å². The molecule has 0 spiro atoms. The highest BCUT2D eigenvalue weighted by Crippen LogP contribution is 2.23. The highest BCUT2D eigenvalue weighted by Gasteiger charge is 2.06. The van der Waals surface area contributed by atoms with Crippen molar-refractivity contribution in [3.63, 3.8) is 0 Å². The van der Waals surface area contributed by atoms with Crippen LogP contribution in [0.1, 0.15) is 25.5 Å². The van der Waals surface area contributed by atoms with Gasteiger partial charge < -0.3 is 15.7 Å². The number of amides is 1. The number of hydrogen-bond donors (Lipinski definition) is 3. The van der Waals surface area contributed by atoms with E-state index in [0.29, 0.717) is 0 Å². The molecule has 1 amide bonds. The molecule has 2 rings (SSSR count). The highest BCUT2D eigenvalue weighted by molar-refractivity contribution is 5.88. The molecular weight excluding hydrogens is 252 g/mol. The minimum Gasteiger partial charge on any atom is -0.508 e. The van der Waals surface area contributed by atoms with Crippen molar-refractivity contribution in [3.05, 3.63) is 54.1 Å². The van der Waals surface area contributed by atoms with E-state index in [-0.39, 0.29) is 17.7 Å². The van der Waals surface area contributed by atoms with E-state index in [1.165, 1.54) is 6.92 Å². The normalized spacial score (nSPS) is 11.7. The van der Waals surface area contributed by atoms with Gasteiger partial charge in [0.05, 0.1) is 0 Å². The van der Waals surface area contributed by atoms with Gasteiger partial charge in [0.15, 0.2) is 0 Å². The fraction of sp³-hybridized carbons (Fsp3) is 0.188. The molecule has 0 aliphatic carbocycles. The third-order valence-electron chi connectivity index (χ3n) is 2.96. The zero-order valence-corrected chi connectivity index (χ0v) is 11.6. The zero-order valence-electron chi connectivity index (χ0n) is 11.6. The number of hydrogen-bond acceptors (Lipinski definition) is 3. The molecule has 1 atom stereocenters. The van der Waals surface area contributed by atoms with Gasteiger partial charge >= 0.3 is 0 Å². The third kappa shape index (κ3) is 3.75. The Balaban J connectivity index is 2.10. The van der Waals surface area contributed by atoms with Crippen LogP contribution in [-0.4, -0.2) is 11.0 Å². The van der Waals surface area contributed by atoms with Gasteiger partial charge in [0.2, 0.25) is 5.91 Å². The maximum atomic E-state index is 11.1. The molecule has 3 N–H and O–H groups in total. The predicted octanol–water partition coefficient (Wildman–Crippen LogP) is 3.52. The lowest BCUT2D eigenvalue weighted by Crippen LogP contribution is -2.09. The van der Waals surface area contributed by atoms with Gasteiger partial charge in [-0.05, 0) is 48.9 Å². The van der Waals surface area contributed by atoms with Crippen molar-refractivity contribution in [1.82, 2.24) is 0 Å². The number of phenols is 1. The van der Waals surface area contributed by atoms with Crippen LogP contribution in [0.25, 0.3) is 0 Å². The Hall–Kier alpha value is -2.49. The van der Waals surface area contributed by atoms with Gasteiger partial charge in [0.1, 0.15) is 5.75 Å². The summed E-state index contributed by atoms with van der Waals surface area (Å²) < 4.78 is 0. The summed E-state index contributed by atoms with van der Waals surface area (Å²) in [4.78, 5) is 11.1. The molecule has 4 nitrogen and oxygen atoms in total. The van der Waals surface area contributed by atoms with Crippen LogP contribution in [0.5, 0.6) is 5.75 Å². The number of carbonyl (C=O) groups excluding carboxylic acids is 1. The number of nitrogens with one attached hydrogen (secondary N) is 2. The van der Waals surface area contributed by atoms with E-state index in [4.69, 9.17) is 0 Å². The molecular formula is C16H18N2O2. The summed E-state index contributed by atoms with van der Waals surface area (Å²) in [5.74, 6) is 0.164. The minimum atomic E-state index is -0.0821. The molecule has 0 radical (unpaired) electrons. The Morgan fingerprint density at radius 2 is 1.80 bits per heavy atom. The first-order valence-electron chi connectivity index (χ1n) is 6.48. The average Bonchev–Trinajstić information content (AvgIpc) is 2.41. The number of phenolic OH excluding ortho intramolecular Hbond substituents is 1. The van der Waals surface area contributed by atoms with E-state index in [1.54, 1.807) is 12.1 Å². The van der Waals surface area contributed by atoms with E-state index in [2.05, 4.69) is 10.6 Å². The summed E-state index contributed by atoms with van der Waals surface area (Å²) in [5.41, 5.74) is 2.79. The summed E-state index contributed by atoms with van der Waals surface area (Å²) >= 11 is 0. The van der Waals surface area contributed by atoms with Crippen molar-refractivity contribution in [2.24, 2.45) is 0 Å². The molecule has 2 aromatic rings. The number of benzene rings is 2. The van der Waals surface area contributed by atoms with Crippen molar-refractivity contribution in [2.75, 3.05) is 10.6 Å². The van der Waals surface area contributed by atoms with Crippen LogP contribution in [0.15, 0.2) is 48.5 Å². The molecule has 0 aromatic heterocycles. The molecule has 2 aromatic carbocycles. The van der Waals surface area contributed by atoms with E-state index < -0.39 is 0 Å². The second-order valence-electron chi connectivity index (χ2n) is 4.72. The predicted molar refractivity (Wildman–Crippen MR) is 80.9 cm³/mol. The first-order valence-corrected chi connectivity index (χ1v) is 6.48. The first kappa shape index (κ1) is 13.9. The van der Waals surface area contributed by atoms with Crippen molar-refractivity contribution in [3.8, 4) is 5.75 Å². The van der Waals surface area contributed by atoms with Crippen molar-refractivity contribution < 1.29 is 9.90 Å². The molecule has 0 aliphatic heterocycles. The molecule has 0 bridgehead atoms. The quantitative estimate of drug-likeness (QED) is 0.745. The summed E-state index contributed by atoms with van der Waals surface area (Å²) in [5, 5.41) is 15.4. The summed E-state index contributed by atoms with van der Waals surface area (Å²) in [6.07, 6.45) is 0. The minimum absolute atomic E-state index is 0.0821. The second-order valence-corrected chi connectivity index (χ2v) is 4.72. The number of carbonyl (C=O) groups is 1. The zero-order chi connectivity index (χ0) is 14.5. The van der Waals surface area contributed by atoms with Crippen molar-refractivity contribution >= 4 is 17.3 Å². The molecule has 0 heterocycles. The standard InChI is InChI=1S/C16H18N2O2/c1-11(17-14-6-8-16(20)9-7-14)13-4-3-5-15(10-13)18-12(2)19/h3-11,17,20H,1-2H3,(H,18,19). The van der Waals surface area contributed by atoms with Crippen molar-refractivity contribution in [1.29, 1.82) is 0 Å². The lowest BCUT2D eigenvalue weighted by Gasteiger charge is -2.16. The monoisotopic (exact) mass is 270 g/mol. The summed E-state index contributed by atoms with van der Waals surface area (Å²) in [6, 6.07) is 14.7. The topological polar surface area (TPSA) is 61.4 Å². The fourth-order valence-electron chi connectivity index (χ4n) is 1.98. The van der Waals surface area contributed by atoms with Crippen LogP contribution in [0.4, 0.5) is 11.4 Å². The van der Waals surface area contributed by atoms with Gasteiger partial charge in [0.25, 0.3) is 0 Å². The molecule has 0 aliphatic rings. The van der Waals surface area contributed by atoms with Crippen molar-refractivity contribution in [2.45, 2.75) is 19.9 Å². The summed E-state index contributed by atoms with van der Waals surface area (Å²) in [7, 11) is 0. The molecule has 0 saturated carbocycles. The maximum absolute atomic E-state index is 11.1. The number of rotatable bonds is 4. The lowest BCUT2D eigenvalue weighted by molar-refractivity contribution is -0.114. The van der Waals surface area contributed by atoms with Gasteiger partial charge in [0, 0.05) is 24.3 Å². The van der Waals surface area contributed by atoms with Gasteiger partial charge in [-0.1, -0.05) is 12.1 Å². The molecule has 20 heavy (non-hydrogen) atoms. The molecule has 4 heteroatoms. The third-order valence-corrected chi connectivity index (χ3v) is 2.96. The van der Waals surface area contributed by atoms with Gasteiger partial charge in [-0.15, -0.1) is 0 Å². The largest absolute Gasteiger partial charge is 0.508 e. The smallest absolute Gasteiger partial charge is 0.221 e. The Labute approximate surface area is 118 Å². The average molecular weight is 270 g/mol. The SMILES string of the molecule is CC(=O)Nc1cccc(C(C)Nc2ccc(O)cc2)c1. The van der Waals surface area contributed by atoms with Gasteiger partial charge in [-0.25, -0.2) is 0 Å². The first-order chi connectivity index (χ1) is 9.54. The summed E-state index contributed by atoms with van der Waals surface area (Å²) in [6.45, 7) is 3.53. The van der Waals surface area contributed by atoms with Crippen LogP contribution < -0.4 is 10.6 Å². The Morgan fingerprint density at radius 3 is 2.45 bits per heavy atom. The maximum Gasteiger partial charge on any atom is 0.221 e. The second kappa shape index (κ2) is 6.10. The van der Waals surface area contributed by atoms with Crippen LogP contribution in [0.3, 0.4) is 0 Å². The molecule has 0 saturated heterocycles. The van der Waals surface area contributed by atoms with Gasteiger partial charge in [-0.3, -0.25) is 4.79 Å². The van der Waals surface area contributed by atoms with E-state index in [1.807, 2.05) is 43.3 Å². The lowest BCUT2D eigenvalue weighted by atomic mass is 10.1. The van der Waals surface area contributed by atoms with Crippen LogP contribution in [0, 0.1) is 0 Å².